The van der Waals surface area contributed by atoms with Crippen molar-refractivity contribution < 1.29 is 65.6 Å². The van der Waals surface area contributed by atoms with E-state index in [0.29, 0.717) is 103 Å². The third-order valence-corrected chi connectivity index (χ3v) is 22.8. The number of nitrogens with zero attached hydrogens (tertiary/aromatic N) is 24. The molecule has 27 nitrogen and oxygen atoms in total. The predicted octanol–water partition coefficient (Wildman–Crippen LogP) is 17.5. The van der Waals surface area contributed by atoms with Crippen LogP contribution in [0.5, 0.6) is 0 Å². The van der Waals surface area contributed by atoms with Crippen LogP contribution in [0.4, 0.5) is 0 Å². The first-order valence-electron chi connectivity index (χ1n) is 44.3. The summed E-state index contributed by atoms with van der Waals surface area (Å²) >= 11 is 0. The van der Waals surface area contributed by atoms with Crippen molar-refractivity contribution in [1.29, 1.82) is 0 Å². The van der Waals surface area contributed by atoms with E-state index >= 15 is 0 Å². The van der Waals surface area contributed by atoms with Crippen LogP contribution in [0.1, 0.15) is 193 Å². The molecule has 12 aliphatic rings. The number of aromatic nitrogens is 3. The van der Waals surface area contributed by atoms with Gasteiger partial charge in [-0.2, -0.15) is 0 Å². The molecule has 3 aromatic heterocycles. The summed E-state index contributed by atoms with van der Waals surface area (Å²) in [6.07, 6.45) is -2.67. The topological polar surface area (TPSA) is 365 Å². The molecule has 0 aliphatic carbocycles. The maximum absolute atomic E-state index is 9.33. The minimum atomic E-state index is -3.64. The van der Waals surface area contributed by atoms with Crippen LogP contribution in [0.15, 0.2) is 381 Å². The third kappa shape index (κ3) is 17.6. The summed E-state index contributed by atoms with van der Waals surface area (Å²) in [5, 5.41) is 20.5. The van der Waals surface area contributed by atoms with Crippen molar-refractivity contribution in [2.45, 2.75) is 92.4 Å². The van der Waals surface area contributed by atoms with E-state index in [-0.39, 0.29) is 51.2 Å². The van der Waals surface area contributed by atoms with E-state index in [4.69, 9.17) is 131 Å². The number of hydrogen-bond donors (Lipinski definition) is 2. The molecule has 0 spiro atoms. The fourth-order valence-corrected chi connectivity index (χ4v) is 17.2. The van der Waals surface area contributed by atoms with E-state index in [9.17, 15) is 4.57 Å². The van der Waals surface area contributed by atoms with Crippen LogP contribution in [-0.4, -0.2) is 86.5 Å². The Morgan fingerprint density at radius 2 is 0.316 bits per heavy atom. The first kappa shape index (κ1) is 93.5. The predicted molar refractivity (Wildman–Crippen MR) is 525 cm³/mol. The number of benzene rings is 12. The zero-order valence-corrected chi connectivity index (χ0v) is 78.3. The van der Waals surface area contributed by atoms with Crippen molar-refractivity contribution in [3.63, 3.8) is 0 Å². The van der Waals surface area contributed by atoms with E-state index < -0.39 is 44.6 Å². The average Bonchev–Trinajstić information content (AvgIpc) is 1.60. The van der Waals surface area contributed by atoms with Gasteiger partial charge < -0.3 is 70.6 Å². The second-order valence-corrected chi connectivity index (χ2v) is 32.3. The standard InChI is InChI=1S/3C32H18N8.4C2H6.CH5O3P.3Cu/c3*1-2-10-18-17(9-1)25-33-26(18)38-28-21-13-5-6-14-22(21)30(35-28)40-32-24-16-8-7-15-23(24)31(36-32)39-29-20-12-4-3-11-19(20)27(34-29)37-25;4*1-2;1-5(2,3)4;;;/h3*1-16,25-26H;4*1-2H3;1H3,(H2,2,3,4);;;/q3*-2;;;;;;;;. The van der Waals surface area contributed by atoms with Crippen LogP contribution in [0.25, 0.3) is 48.3 Å². The SMILES string of the molecule is CC.CC.CC.CC.CP(=O)(O)O.[Cu].[Cu].[Cu].c1ccc2c(c1)C1=NC2=NC2[N-]C(N=C3N=C(N=c4[n-]c(c5ccccc45)=N1)c1ccccc13)c1ccccc12.c1ccc2c(c1)C1=NC2=NC2[N-]C(N=C3N=C(N=c4[n-]c(c5ccccc45)=N1)c1ccccc13)c1ccccc12.c1ccc2c(c1)C1=NC2=NC2[N-]C(N=C3N=C(N=c4[n-]c(c5ccccc45)=N1)c1ccccc13)c1ccccc12. The molecule has 12 aromatic carbocycles. The zero-order valence-electron chi connectivity index (χ0n) is 74.6. The number of aliphatic imine (C=N–C) groups is 12. The maximum Gasteiger partial charge on any atom is 0.322 e. The molecule has 0 saturated heterocycles. The molecule has 31 heteroatoms. The molecule has 2 N–H and O–H groups in total. The quantitative estimate of drug-likeness (QED) is 0.110. The molecule has 24 bridgehead atoms. The molecule has 12 aliphatic heterocycles. The minimum Gasteiger partial charge on any atom is -0.611 e. The van der Waals surface area contributed by atoms with Gasteiger partial charge >= 0.3 is 7.60 Å². The molecule has 0 saturated carbocycles. The summed E-state index contributed by atoms with van der Waals surface area (Å²) in [4.78, 5) is 119. The van der Waals surface area contributed by atoms with Gasteiger partial charge in [0.05, 0.1) is 35.0 Å². The first-order valence-corrected chi connectivity index (χ1v) is 46.4. The molecule has 3 radical (unpaired) electrons. The van der Waals surface area contributed by atoms with E-state index in [1.54, 1.807) is 0 Å². The van der Waals surface area contributed by atoms with Crippen LogP contribution in [-0.2, 0) is 55.8 Å². The van der Waals surface area contributed by atoms with Crippen molar-refractivity contribution in [2.24, 2.45) is 89.9 Å². The van der Waals surface area contributed by atoms with Gasteiger partial charge in [0.1, 0.15) is 0 Å². The molecule has 0 fully saturated rings. The minimum absolute atomic E-state index is 0. The summed E-state index contributed by atoms with van der Waals surface area (Å²) in [5.41, 5.74) is 20.5. The summed E-state index contributed by atoms with van der Waals surface area (Å²) in [7, 11) is -3.64. The van der Waals surface area contributed by atoms with Gasteiger partial charge in [0, 0.05) is 158 Å². The Labute approximate surface area is 813 Å². The molecule has 6 atom stereocenters. The molecule has 136 heavy (non-hydrogen) atoms. The smallest absolute Gasteiger partial charge is 0.322 e. The average molecular weight is 1950 g/mol. The van der Waals surface area contributed by atoms with Gasteiger partial charge in [0.25, 0.3) is 0 Å². The van der Waals surface area contributed by atoms with E-state index in [1.807, 2.05) is 310 Å². The van der Waals surface area contributed by atoms with Crippen LogP contribution in [0.3, 0.4) is 0 Å². The van der Waals surface area contributed by atoms with Gasteiger partial charge in [-0.05, 0) is 103 Å². The van der Waals surface area contributed by atoms with Gasteiger partial charge in [-0.3, -0.25) is 34.5 Å². The summed E-state index contributed by atoms with van der Waals surface area (Å²) in [6, 6.07) is 96.5. The Morgan fingerprint density at radius 3 is 0.456 bits per heavy atom. The van der Waals surface area contributed by atoms with Crippen LogP contribution < -0.4 is 47.9 Å². The third-order valence-electron chi connectivity index (χ3n) is 22.8. The summed E-state index contributed by atoms with van der Waals surface area (Å²) in [6.45, 7) is 16.9. The molecule has 27 rings (SSSR count). The van der Waals surface area contributed by atoms with Crippen molar-refractivity contribution >= 4 is 110 Å². The second-order valence-electron chi connectivity index (χ2n) is 30.6. The number of amidine groups is 12. The molecule has 15 heterocycles. The van der Waals surface area contributed by atoms with Crippen molar-refractivity contribution in [1.82, 2.24) is 15.0 Å². The summed E-state index contributed by atoms with van der Waals surface area (Å²) in [5.74, 6) is 7.05. The molecular weight excluding hydrogens is 1870 g/mol. The van der Waals surface area contributed by atoms with Crippen molar-refractivity contribution in [3.05, 3.63) is 440 Å². The number of fused-ring (bicyclic) bond motifs is 54. The largest absolute Gasteiger partial charge is 0.611 e. The Bertz CT molecular complexity index is 7020. The number of rotatable bonds is 0. The second kappa shape index (κ2) is 40.1. The molecular formula is C105H83Cu3N24O3P-6. The van der Waals surface area contributed by atoms with Gasteiger partial charge in [0.2, 0.25) is 0 Å². The van der Waals surface area contributed by atoms with Gasteiger partial charge in [-0.25, -0.2) is 30.0 Å². The van der Waals surface area contributed by atoms with Crippen LogP contribution >= 0.6 is 7.60 Å². The Balaban J connectivity index is 0.000000132. The zero-order chi connectivity index (χ0) is 91.1. The maximum atomic E-state index is 9.33. The summed E-state index contributed by atoms with van der Waals surface area (Å²) < 4.78 is 9.33. The van der Waals surface area contributed by atoms with E-state index in [1.165, 1.54) is 0 Å². The van der Waals surface area contributed by atoms with Crippen LogP contribution in [0, 0.1) is 0 Å². The van der Waals surface area contributed by atoms with Gasteiger partial charge in [0.15, 0.2) is 35.0 Å². The Hall–Kier alpha value is -14.3. The Kier molecular flexibility index (Phi) is 27.6. The van der Waals surface area contributed by atoms with E-state index in [2.05, 4.69) is 36.4 Å². The fraction of sp³-hybridized carbons (Fsp3) is 0.143. The van der Waals surface area contributed by atoms with Gasteiger partial charge in [-0.15, -0.1) is 0 Å². The molecule has 685 valence electrons. The molecule has 0 amide bonds. The van der Waals surface area contributed by atoms with Crippen LogP contribution in [0.2, 0.25) is 0 Å². The number of hydrogen-bond acceptors (Lipinski definition) is 19. The Morgan fingerprint density at radius 1 is 0.199 bits per heavy atom. The van der Waals surface area contributed by atoms with E-state index in [0.717, 1.165) is 139 Å². The monoisotopic (exact) mass is 1950 g/mol. The van der Waals surface area contributed by atoms with Gasteiger partial charge in [-0.1, -0.05) is 347 Å². The fourth-order valence-electron chi connectivity index (χ4n) is 17.2. The normalized spacial score (nSPS) is 18.2. The molecule has 6 unspecified atom stereocenters. The van der Waals surface area contributed by atoms with Crippen molar-refractivity contribution in [2.75, 3.05) is 6.66 Å². The van der Waals surface area contributed by atoms with Crippen molar-refractivity contribution in [3.8, 4) is 0 Å². The molecule has 15 aromatic rings. The first-order chi connectivity index (χ1) is 65.4.